The van der Waals surface area contributed by atoms with Crippen molar-refractivity contribution in [1.82, 2.24) is 9.13 Å². The summed E-state index contributed by atoms with van der Waals surface area (Å²) in [5.41, 5.74) is 2.10. The lowest BCUT2D eigenvalue weighted by molar-refractivity contribution is 0.655. The van der Waals surface area contributed by atoms with Crippen LogP contribution in [0.4, 0.5) is 5.69 Å². The lowest BCUT2D eigenvalue weighted by Crippen LogP contribution is -2.38. The predicted molar refractivity (Wildman–Crippen MR) is 83.1 cm³/mol. The summed E-state index contributed by atoms with van der Waals surface area (Å²) in [6.45, 7) is 2.42. The van der Waals surface area contributed by atoms with Gasteiger partial charge in [0.2, 0.25) is 0 Å². The Morgan fingerprint density at radius 3 is 2.50 bits per heavy atom. The van der Waals surface area contributed by atoms with E-state index < -0.39 is 0 Å². The van der Waals surface area contributed by atoms with Crippen LogP contribution in [0.2, 0.25) is 0 Å². The summed E-state index contributed by atoms with van der Waals surface area (Å²) in [4.78, 5) is 23.5. The molecule has 2 rings (SSSR count). The highest BCUT2D eigenvalue weighted by molar-refractivity contribution is 9.10. The molecule has 0 saturated carbocycles. The van der Waals surface area contributed by atoms with Crippen molar-refractivity contribution >= 4 is 21.6 Å². The second-order valence-electron chi connectivity index (χ2n) is 4.69. The number of aromatic nitrogens is 2. The summed E-state index contributed by atoms with van der Waals surface area (Å²) >= 11 is 3.45. The molecule has 0 atom stereocenters. The number of hydrogen-bond donors (Lipinski definition) is 1. The standard InChI is InChI=1S/C14H16BrN3O2/c1-9-6-10(4-5-12(9)15)16-8-11-7-13(19)18(3)14(20)17(11)2/h4-7,16H,8H2,1-3H3. The van der Waals surface area contributed by atoms with Crippen molar-refractivity contribution in [3.63, 3.8) is 0 Å². The Hall–Kier alpha value is -1.82. The van der Waals surface area contributed by atoms with Gasteiger partial charge in [0.1, 0.15) is 0 Å². The number of halogens is 1. The zero-order valence-electron chi connectivity index (χ0n) is 11.6. The van der Waals surface area contributed by atoms with E-state index in [2.05, 4.69) is 21.2 Å². The number of rotatable bonds is 3. The first kappa shape index (κ1) is 14.6. The molecule has 0 unspecified atom stereocenters. The first-order valence-electron chi connectivity index (χ1n) is 6.16. The topological polar surface area (TPSA) is 56.0 Å². The van der Waals surface area contributed by atoms with Gasteiger partial charge in [0.05, 0.1) is 6.54 Å². The molecule has 0 saturated heterocycles. The average molecular weight is 338 g/mol. The van der Waals surface area contributed by atoms with Gasteiger partial charge in [-0.1, -0.05) is 15.9 Å². The third-order valence-electron chi connectivity index (χ3n) is 3.26. The zero-order chi connectivity index (χ0) is 14.9. The molecule has 20 heavy (non-hydrogen) atoms. The van der Waals surface area contributed by atoms with E-state index in [0.717, 1.165) is 20.3 Å². The van der Waals surface area contributed by atoms with Gasteiger partial charge in [-0.05, 0) is 30.7 Å². The summed E-state index contributed by atoms with van der Waals surface area (Å²) in [6, 6.07) is 7.38. The SMILES string of the molecule is Cc1cc(NCc2cc(=O)n(C)c(=O)n2C)ccc1Br. The highest BCUT2D eigenvalue weighted by Gasteiger charge is 2.05. The van der Waals surface area contributed by atoms with E-state index in [1.165, 1.54) is 17.7 Å². The number of aryl methyl sites for hydroxylation is 1. The van der Waals surface area contributed by atoms with Crippen molar-refractivity contribution in [3.05, 3.63) is 60.8 Å². The third kappa shape index (κ3) is 2.85. The fourth-order valence-electron chi connectivity index (χ4n) is 1.90. The number of hydrogen-bond acceptors (Lipinski definition) is 3. The monoisotopic (exact) mass is 337 g/mol. The molecule has 2 aromatic rings. The molecule has 0 amide bonds. The highest BCUT2D eigenvalue weighted by Crippen LogP contribution is 2.20. The van der Waals surface area contributed by atoms with Crippen LogP contribution in [-0.4, -0.2) is 9.13 Å². The quantitative estimate of drug-likeness (QED) is 0.928. The van der Waals surface area contributed by atoms with Gasteiger partial charge in [-0.3, -0.25) is 13.9 Å². The van der Waals surface area contributed by atoms with Gasteiger partial charge < -0.3 is 5.32 Å². The molecule has 1 aromatic carbocycles. The lowest BCUT2D eigenvalue weighted by Gasteiger charge is -2.12. The van der Waals surface area contributed by atoms with Gasteiger partial charge in [-0.25, -0.2) is 4.79 Å². The van der Waals surface area contributed by atoms with Crippen LogP contribution < -0.4 is 16.6 Å². The predicted octanol–water partition coefficient (Wildman–Crippen LogP) is 1.77. The van der Waals surface area contributed by atoms with Gasteiger partial charge in [0.15, 0.2) is 0 Å². The first-order valence-corrected chi connectivity index (χ1v) is 6.95. The fraction of sp³-hybridized carbons (Fsp3) is 0.286. The lowest BCUT2D eigenvalue weighted by atomic mass is 10.2. The van der Waals surface area contributed by atoms with Crippen molar-refractivity contribution < 1.29 is 0 Å². The van der Waals surface area contributed by atoms with E-state index >= 15 is 0 Å². The highest BCUT2D eigenvalue weighted by atomic mass is 79.9. The van der Waals surface area contributed by atoms with Crippen LogP contribution in [0.5, 0.6) is 0 Å². The maximum absolute atomic E-state index is 11.8. The number of nitrogens with one attached hydrogen (secondary N) is 1. The van der Waals surface area contributed by atoms with E-state index in [0.29, 0.717) is 12.2 Å². The molecule has 0 aliphatic carbocycles. The van der Waals surface area contributed by atoms with E-state index in [4.69, 9.17) is 0 Å². The molecule has 0 spiro atoms. The fourth-order valence-corrected chi connectivity index (χ4v) is 2.14. The Bertz CT molecular complexity index is 762. The molecular formula is C14H16BrN3O2. The molecule has 1 aromatic heterocycles. The van der Waals surface area contributed by atoms with Crippen LogP contribution in [0.3, 0.4) is 0 Å². The second kappa shape index (κ2) is 5.66. The third-order valence-corrected chi connectivity index (χ3v) is 4.15. The molecule has 1 N–H and O–H groups in total. The van der Waals surface area contributed by atoms with E-state index in [1.54, 1.807) is 7.05 Å². The largest absolute Gasteiger partial charge is 0.379 e. The molecule has 0 aliphatic heterocycles. The summed E-state index contributed by atoms with van der Waals surface area (Å²) < 4.78 is 3.61. The molecule has 0 aliphatic rings. The number of anilines is 1. The maximum Gasteiger partial charge on any atom is 0.330 e. The summed E-state index contributed by atoms with van der Waals surface area (Å²) in [5.74, 6) is 0. The van der Waals surface area contributed by atoms with Crippen molar-refractivity contribution in [2.75, 3.05) is 5.32 Å². The van der Waals surface area contributed by atoms with Crippen molar-refractivity contribution in [2.45, 2.75) is 13.5 Å². The van der Waals surface area contributed by atoms with Crippen LogP contribution in [0.25, 0.3) is 0 Å². The van der Waals surface area contributed by atoms with E-state index in [9.17, 15) is 9.59 Å². The van der Waals surface area contributed by atoms with Gasteiger partial charge in [-0.2, -0.15) is 0 Å². The summed E-state index contributed by atoms with van der Waals surface area (Å²) in [6.07, 6.45) is 0. The van der Waals surface area contributed by atoms with Gasteiger partial charge in [0.25, 0.3) is 5.56 Å². The van der Waals surface area contributed by atoms with Gasteiger partial charge in [-0.15, -0.1) is 0 Å². The summed E-state index contributed by atoms with van der Waals surface area (Å²) in [7, 11) is 3.13. The van der Waals surface area contributed by atoms with Crippen LogP contribution in [0.15, 0.2) is 38.3 Å². The second-order valence-corrected chi connectivity index (χ2v) is 5.55. The Kier molecular flexibility index (Phi) is 4.13. The van der Waals surface area contributed by atoms with Crippen LogP contribution >= 0.6 is 15.9 Å². The van der Waals surface area contributed by atoms with Gasteiger partial charge in [0, 0.05) is 36.0 Å². The molecule has 1 heterocycles. The Labute approximate surface area is 125 Å². The normalized spacial score (nSPS) is 10.6. The first-order chi connectivity index (χ1) is 9.40. The smallest absolute Gasteiger partial charge is 0.330 e. The zero-order valence-corrected chi connectivity index (χ0v) is 13.2. The van der Waals surface area contributed by atoms with Crippen molar-refractivity contribution in [1.29, 1.82) is 0 Å². The molecule has 5 nitrogen and oxygen atoms in total. The Morgan fingerprint density at radius 1 is 1.15 bits per heavy atom. The minimum Gasteiger partial charge on any atom is -0.379 e. The minimum absolute atomic E-state index is 0.295. The van der Waals surface area contributed by atoms with Crippen LogP contribution in [-0.2, 0) is 20.6 Å². The number of nitrogens with zero attached hydrogens (tertiary/aromatic N) is 2. The number of benzene rings is 1. The van der Waals surface area contributed by atoms with Crippen LogP contribution in [0.1, 0.15) is 11.3 Å². The van der Waals surface area contributed by atoms with Gasteiger partial charge >= 0.3 is 5.69 Å². The molecule has 6 heteroatoms. The Morgan fingerprint density at radius 2 is 1.85 bits per heavy atom. The molecule has 0 bridgehead atoms. The molecular weight excluding hydrogens is 322 g/mol. The van der Waals surface area contributed by atoms with E-state index in [1.807, 2.05) is 25.1 Å². The van der Waals surface area contributed by atoms with E-state index in [-0.39, 0.29) is 11.2 Å². The average Bonchev–Trinajstić information content (AvgIpc) is 2.42. The minimum atomic E-state index is -0.318. The summed E-state index contributed by atoms with van der Waals surface area (Å²) in [5, 5.41) is 3.22. The van der Waals surface area contributed by atoms with Crippen molar-refractivity contribution in [2.24, 2.45) is 14.1 Å². The van der Waals surface area contributed by atoms with Crippen molar-refractivity contribution in [3.8, 4) is 0 Å². The maximum atomic E-state index is 11.8. The Balaban J connectivity index is 2.25. The molecule has 0 radical (unpaired) electrons. The molecule has 106 valence electrons. The van der Waals surface area contributed by atoms with Crippen LogP contribution in [0, 0.1) is 6.92 Å². The molecule has 0 fully saturated rings.